The molecule has 0 aromatic heterocycles. The number of aldehydes is 1. The van der Waals surface area contributed by atoms with Gasteiger partial charge in [-0.05, 0) is 6.07 Å². The van der Waals surface area contributed by atoms with Crippen LogP contribution in [0.25, 0.3) is 0 Å². The van der Waals surface area contributed by atoms with E-state index in [9.17, 15) is 9.90 Å². The Morgan fingerprint density at radius 2 is 1.65 bits per heavy atom. The van der Waals surface area contributed by atoms with Crippen LogP contribution in [0.1, 0.15) is 10.4 Å². The minimum Gasteiger partial charge on any atom is -0.507 e. The van der Waals surface area contributed by atoms with Crippen LogP contribution in [0.4, 0.5) is 0 Å². The zero-order valence-electron chi connectivity index (χ0n) is 8.99. The lowest BCUT2D eigenvalue weighted by Gasteiger charge is -2.12. The summed E-state index contributed by atoms with van der Waals surface area (Å²) in [6.07, 6.45) is 0.592. The SMILES string of the molecule is O=Cc1cc(OCCI)c(OCCI)cc1O. The first-order chi connectivity index (χ1) is 8.22. The predicted octanol–water partition coefficient (Wildman–Crippen LogP) is 2.83. The summed E-state index contributed by atoms with van der Waals surface area (Å²) in [6.45, 7) is 1.06. The molecule has 0 heterocycles. The molecule has 4 nitrogen and oxygen atoms in total. The lowest BCUT2D eigenvalue weighted by molar-refractivity contribution is 0.112. The van der Waals surface area contributed by atoms with Crippen LogP contribution in [0, 0.1) is 0 Å². The predicted molar refractivity (Wildman–Crippen MR) is 82.3 cm³/mol. The van der Waals surface area contributed by atoms with Crippen LogP contribution in [-0.4, -0.2) is 33.5 Å². The second-order valence-corrected chi connectivity index (χ2v) is 5.21. The van der Waals surface area contributed by atoms with Gasteiger partial charge in [0.15, 0.2) is 17.8 Å². The van der Waals surface area contributed by atoms with Gasteiger partial charge in [0.05, 0.1) is 18.8 Å². The summed E-state index contributed by atoms with van der Waals surface area (Å²) in [5, 5.41) is 9.57. The van der Waals surface area contributed by atoms with Crippen molar-refractivity contribution < 1.29 is 19.4 Å². The normalized spacial score (nSPS) is 10.0. The number of rotatable bonds is 7. The second-order valence-electron chi connectivity index (χ2n) is 3.05. The number of hydrogen-bond acceptors (Lipinski definition) is 4. The van der Waals surface area contributed by atoms with Crippen molar-refractivity contribution in [2.45, 2.75) is 0 Å². The van der Waals surface area contributed by atoms with Gasteiger partial charge in [0.2, 0.25) is 0 Å². The van der Waals surface area contributed by atoms with Gasteiger partial charge in [-0.25, -0.2) is 0 Å². The smallest absolute Gasteiger partial charge is 0.164 e. The number of ether oxygens (including phenoxy) is 2. The van der Waals surface area contributed by atoms with Crippen LogP contribution in [0.2, 0.25) is 0 Å². The van der Waals surface area contributed by atoms with E-state index in [2.05, 4.69) is 45.2 Å². The molecule has 6 heteroatoms. The number of carbonyl (C=O) groups excluding carboxylic acids is 1. The fraction of sp³-hybridized carbons (Fsp3) is 0.364. The van der Waals surface area contributed by atoms with E-state index in [1.165, 1.54) is 12.1 Å². The summed E-state index contributed by atoms with van der Waals surface area (Å²) in [6, 6.07) is 2.91. The molecule has 94 valence electrons. The minimum absolute atomic E-state index is 0.0923. The van der Waals surface area contributed by atoms with E-state index in [-0.39, 0.29) is 11.3 Å². The summed E-state index contributed by atoms with van der Waals surface area (Å²) in [7, 11) is 0. The van der Waals surface area contributed by atoms with E-state index >= 15 is 0 Å². The number of halogens is 2. The van der Waals surface area contributed by atoms with Crippen LogP contribution in [-0.2, 0) is 0 Å². The Morgan fingerprint density at radius 3 is 2.12 bits per heavy atom. The van der Waals surface area contributed by atoms with E-state index in [0.29, 0.717) is 31.0 Å². The van der Waals surface area contributed by atoms with Crippen molar-refractivity contribution in [2.75, 3.05) is 22.1 Å². The molecule has 0 unspecified atom stereocenters. The van der Waals surface area contributed by atoms with E-state index < -0.39 is 0 Å². The molecule has 0 aliphatic heterocycles. The lowest BCUT2D eigenvalue weighted by atomic mass is 10.2. The number of aromatic hydroxyl groups is 1. The Labute approximate surface area is 127 Å². The Hall–Kier alpha value is -0.250. The molecule has 0 amide bonds. The van der Waals surface area contributed by atoms with Gasteiger partial charge < -0.3 is 14.6 Å². The van der Waals surface area contributed by atoms with Gasteiger partial charge in [-0.1, -0.05) is 45.2 Å². The maximum atomic E-state index is 10.7. The lowest BCUT2D eigenvalue weighted by Crippen LogP contribution is -2.04. The fourth-order valence-electron chi connectivity index (χ4n) is 1.18. The molecule has 0 atom stereocenters. The van der Waals surface area contributed by atoms with Gasteiger partial charge in [-0.3, -0.25) is 4.79 Å². The van der Waals surface area contributed by atoms with Crippen LogP contribution >= 0.6 is 45.2 Å². The molecule has 0 spiro atoms. The van der Waals surface area contributed by atoms with E-state index in [1.54, 1.807) is 0 Å². The van der Waals surface area contributed by atoms with Crippen LogP contribution in [0.15, 0.2) is 12.1 Å². The van der Waals surface area contributed by atoms with E-state index in [1.807, 2.05) is 0 Å². The maximum Gasteiger partial charge on any atom is 0.164 e. The number of hydrogen-bond donors (Lipinski definition) is 1. The van der Waals surface area contributed by atoms with Crippen molar-refractivity contribution in [1.29, 1.82) is 0 Å². The third-order valence-electron chi connectivity index (χ3n) is 1.89. The van der Waals surface area contributed by atoms with E-state index in [4.69, 9.17) is 9.47 Å². The Bertz CT molecular complexity index is 382. The quantitative estimate of drug-likeness (QED) is 0.385. The molecule has 1 N–H and O–H groups in total. The molecule has 1 rings (SSSR count). The number of benzene rings is 1. The summed E-state index contributed by atoms with van der Waals surface area (Å²) in [4.78, 5) is 10.7. The average Bonchev–Trinajstić information content (AvgIpc) is 2.34. The number of phenols is 1. The number of alkyl halides is 2. The van der Waals surface area contributed by atoms with Crippen LogP contribution in [0.5, 0.6) is 17.2 Å². The number of phenolic OH excluding ortho intramolecular Hbond substituents is 1. The molecule has 0 aliphatic carbocycles. The first-order valence-corrected chi connectivity index (χ1v) is 7.97. The highest BCUT2D eigenvalue weighted by atomic mass is 127. The van der Waals surface area contributed by atoms with Gasteiger partial charge in [-0.2, -0.15) is 0 Å². The third-order valence-corrected chi connectivity index (χ3v) is 2.77. The van der Waals surface area contributed by atoms with Crippen molar-refractivity contribution in [1.82, 2.24) is 0 Å². The molecular weight excluding hydrogens is 450 g/mol. The topological polar surface area (TPSA) is 55.8 Å². The first-order valence-electron chi connectivity index (χ1n) is 4.92. The summed E-state index contributed by atoms with van der Waals surface area (Å²) < 4.78 is 12.6. The monoisotopic (exact) mass is 462 g/mol. The minimum atomic E-state index is -0.0923. The molecule has 1 aromatic rings. The molecule has 0 fully saturated rings. The zero-order valence-corrected chi connectivity index (χ0v) is 13.3. The van der Waals surface area contributed by atoms with Crippen molar-refractivity contribution in [3.63, 3.8) is 0 Å². The van der Waals surface area contributed by atoms with Gasteiger partial charge in [0, 0.05) is 14.9 Å². The van der Waals surface area contributed by atoms with Gasteiger partial charge >= 0.3 is 0 Å². The van der Waals surface area contributed by atoms with E-state index in [0.717, 1.165) is 8.86 Å². The molecule has 17 heavy (non-hydrogen) atoms. The first kappa shape index (κ1) is 14.8. The highest BCUT2D eigenvalue weighted by Gasteiger charge is 2.11. The van der Waals surface area contributed by atoms with Crippen LogP contribution < -0.4 is 9.47 Å². The highest BCUT2D eigenvalue weighted by Crippen LogP contribution is 2.33. The zero-order chi connectivity index (χ0) is 12.7. The number of carbonyl (C=O) groups is 1. The Morgan fingerprint density at radius 1 is 1.12 bits per heavy atom. The molecule has 1 aromatic carbocycles. The largest absolute Gasteiger partial charge is 0.507 e. The van der Waals surface area contributed by atoms with Gasteiger partial charge in [0.1, 0.15) is 5.75 Å². The molecule has 0 radical (unpaired) electrons. The Balaban J connectivity index is 2.97. The third kappa shape index (κ3) is 4.49. The molecule has 0 saturated heterocycles. The van der Waals surface area contributed by atoms with Gasteiger partial charge in [-0.15, -0.1) is 0 Å². The molecular formula is C11H12I2O4. The molecule has 0 saturated carbocycles. The summed E-state index contributed by atoms with van der Waals surface area (Å²) in [5.74, 6) is 0.867. The van der Waals surface area contributed by atoms with Crippen molar-refractivity contribution in [2.24, 2.45) is 0 Å². The molecule has 0 aliphatic rings. The van der Waals surface area contributed by atoms with Crippen molar-refractivity contribution in [3.8, 4) is 17.2 Å². The average molecular weight is 462 g/mol. The van der Waals surface area contributed by atoms with Gasteiger partial charge in [0.25, 0.3) is 0 Å². The van der Waals surface area contributed by atoms with Crippen molar-refractivity contribution >= 4 is 51.5 Å². The van der Waals surface area contributed by atoms with Crippen molar-refractivity contribution in [3.05, 3.63) is 17.7 Å². The summed E-state index contributed by atoms with van der Waals surface area (Å²) in [5.41, 5.74) is 0.204. The maximum absolute atomic E-state index is 10.7. The molecule has 0 bridgehead atoms. The second kappa shape index (κ2) is 7.96. The fourth-order valence-corrected chi connectivity index (χ4v) is 1.62. The highest BCUT2D eigenvalue weighted by molar-refractivity contribution is 14.1. The standard InChI is InChI=1S/C11H12I2O4/c12-1-3-16-10-5-8(7-14)9(15)6-11(10)17-4-2-13/h5-7,15H,1-4H2. The van der Waals surface area contributed by atoms with Crippen LogP contribution in [0.3, 0.4) is 0 Å². The Kier molecular flexibility index (Phi) is 6.93. The summed E-state index contributed by atoms with van der Waals surface area (Å²) >= 11 is 4.39.